The third-order valence-corrected chi connectivity index (χ3v) is 5.35. The van der Waals surface area contributed by atoms with Crippen LogP contribution in [-0.2, 0) is 9.59 Å². The number of amides is 2. The minimum absolute atomic E-state index is 0.0276. The summed E-state index contributed by atoms with van der Waals surface area (Å²) in [6.07, 6.45) is 2.55. The predicted octanol–water partition coefficient (Wildman–Crippen LogP) is 1.94. The molecule has 1 aromatic rings. The van der Waals surface area contributed by atoms with Crippen molar-refractivity contribution in [2.24, 2.45) is 0 Å². The molecule has 0 radical (unpaired) electrons. The van der Waals surface area contributed by atoms with E-state index in [4.69, 9.17) is 11.6 Å². The van der Waals surface area contributed by atoms with Crippen molar-refractivity contribution >= 4 is 29.1 Å². The third kappa shape index (κ3) is 4.68. The minimum atomic E-state index is 0.0276. The first-order valence-corrected chi connectivity index (χ1v) is 9.74. The molecule has 1 aromatic carbocycles. The zero-order chi connectivity index (χ0) is 18.5. The van der Waals surface area contributed by atoms with E-state index >= 15 is 0 Å². The third-order valence-electron chi connectivity index (χ3n) is 5.11. The van der Waals surface area contributed by atoms with E-state index < -0.39 is 0 Å². The van der Waals surface area contributed by atoms with E-state index in [1.807, 2.05) is 29.2 Å². The fourth-order valence-corrected chi connectivity index (χ4v) is 3.77. The van der Waals surface area contributed by atoms with Crippen molar-refractivity contribution in [3.63, 3.8) is 0 Å². The molecule has 2 aliphatic rings. The van der Waals surface area contributed by atoms with E-state index in [9.17, 15) is 9.59 Å². The summed E-state index contributed by atoms with van der Waals surface area (Å²) in [5.41, 5.74) is 1.09. The van der Waals surface area contributed by atoms with E-state index in [-0.39, 0.29) is 24.4 Å². The Morgan fingerprint density at radius 1 is 1.27 bits per heavy atom. The Kier molecular flexibility index (Phi) is 6.38. The maximum atomic E-state index is 12.6. The van der Waals surface area contributed by atoms with E-state index in [1.165, 1.54) is 0 Å². The van der Waals surface area contributed by atoms with Gasteiger partial charge in [-0.1, -0.05) is 31.0 Å². The van der Waals surface area contributed by atoms with Crippen LogP contribution in [0.2, 0.25) is 5.02 Å². The van der Waals surface area contributed by atoms with Gasteiger partial charge in [0.25, 0.3) is 0 Å². The van der Waals surface area contributed by atoms with Crippen LogP contribution in [0, 0.1) is 0 Å². The topological polar surface area (TPSA) is 55.9 Å². The van der Waals surface area contributed by atoms with Crippen LogP contribution in [0.5, 0.6) is 0 Å². The van der Waals surface area contributed by atoms with Crippen LogP contribution in [0.15, 0.2) is 24.3 Å². The summed E-state index contributed by atoms with van der Waals surface area (Å²) >= 11 is 6.06. The lowest BCUT2D eigenvalue weighted by Gasteiger charge is -2.38. The summed E-state index contributed by atoms with van der Waals surface area (Å²) in [7, 11) is 0. The molecule has 2 heterocycles. The van der Waals surface area contributed by atoms with Crippen LogP contribution in [0.25, 0.3) is 0 Å². The molecule has 0 aliphatic carbocycles. The molecule has 2 fully saturated rings. The zero-order valence-corrected chi connectivity index (χ0v) is 16.0. The van der Waals surface area contributed by atoms with Crippen LogP contribution >= 0.6 is 11.6 Å². The number of halogens is 1. The smallest absolute Gasteiger partial charge is 0.242 e. The van der Waals surface area contributed by atoms with Gasteiger partial charge in [0.05, 0.1) is 6.67 Å². The van der Waals surface area contributed by atoms with Crippen LogP contribution in [0.3, 0.4) is 0 Å². The van der Waals surface area contributed by atoms with Gasteiger partial charge < -0.3 is 14.7 Å². The summed E-state index contributed by atoms with van der Waals surface area (Å²) in [6, 6.07) is 8.04. The van der Waals surface area contributed by atoms with Crippen molar-refractivity contribution in [3.05, 3.63) is 29.3 Å². The first-order valence-electron chi connectivity index (χ1n) is 9.36. The van der Waals surface area contributed by atoms with Crippen molar-refractivity contribution in [2.45, 2.75) is 32.2 Å². The Morgan fingerprint density at radius 3 is 2.69 bits per heavy atom. The summed E-state index contributed by atoms with van der Waals surface area (Å²) < 4.78 is 0. The predicted molar refractivity (Wildman–Crippen MR) is 103 cm³/mol. The van der Waals surface area contributed by atoms with Crippen molar-refractivity contribution in [3.8, 4) is 0 Å². The molecule has 2 saturated heterocycles. The molecular formula is C19H27ClN4O2. The first kappa shape index (κ1) is 19.0. The molecule has 26 heavy (non-hydrogen) atoms. The summed E-state index contributed by atoms with van der Waals surface area (Å²) in [6.45, 7) is 5.64. The van der Waals surface area contributed by atoms with Crippen molar-refractivity contribution in [1.29, 1.82) is 0 Å². The number of carbonyl (C=O) groups excluding carboxylic acids is 2. The monoisotopic (exact) mass is 378 g/mol. The highest BCUT2D eigenvalue weighted by atomic mass is 35.5. The molecule has 1 atom stereocenters. The Bertz CT molecular complexity index is 646. The Balaban J connectivity index is 1.47. The Hall–Kier alpha value is -1.79. The van der Waals surface area contributed by atoms with Gasteiger partial charge in [-0.3, -0.25) is 14.9 Å². The van der Waals surface area contributed by atoms with Crippen molar-refractivity contribution in [1.82, 2.24) is 15.1 Å². The van der Waals surface area contributed by atoms with E-state index in [0.29, 0.717) is 26.2 Å². The van der Waals surface area contributed by atoms with Gasteiger partial charge in [-0.25, -0.2) is 0 Å². The molecular weight excluding hydrogens is 352 g/mol. The number of piperazine rings is 1. The quantitative estimate of drug-likeness (QED) is 0.850. The van der Waals surface area contributed by atoms with Gasteiger partial charge in [-0.05, 0) is 24.6 Å². The standard InChI is InChI=1S/C19H27ClN4O2/c1-2-4-16-12-18(25)24(14-21-16)13-19(26)23-9-7-22(8-10-23)17-6-3-5-15(20)11-17/h3,5-6,11,16,21H,2,4,7-10,12-14H2,1H3. The molecule has 1 unspecified atom stereocenters. The fraction of sp³-hybridized carbons (Fsp3) is 0.579. The molecule has 0 bridgehead atoms. The number of rotatable bonds is 5. The SMILES string of the molecule is CCCC1CC(=O)N(CC(=O)N2CCN(c3cccc(Cl)c3)CC2)CN1. The average molecular weight is 379 g/mol. The molecule has 7 heteroatoms. The molecule has 0 saturated carbocycles. The van der Waals surface area contributed by atoms with Gasteiger partial charge in [0.15, 0.2) is 0 Å². The number of nitrogens with one attached hydrogen (secondary N) is 1. The molecule has 142 valence electrons. The zero-order valence-electron chi connectivity index (χ0n) is 15.3. The number of benzene rings is 1. The van der Waals surface area contributed by atoms with Crippen LogP contribution in [0.1, 0.15) is 26.2 Å². The van der Waals surface area contributed by atoms with Crippen molar-refractivity contribution < 1.29 is 9.59 Å². The molecule has 0 aromatic heterocycles. The number of anilines is 1. The fourth-order valence-electron chi connectivity index (χ4n) is 3.59. The Labute approximate surface area is 160 Å². The van der Waals surface area contributed by atoms with Crippen molar-refractivity contribution in [2.75, 3.05) is 44.3 Å². The highest BCUT2D eigenvalue weighted by molar-refractivity contribution is 6.30. The molecule has 2 amide bonds. The minimum Gasteiger partial charge on any atom is -0.368 e. The highest BCUT2D eigenvalue weighted by Crippen LogP contribution is 2.21. The second-order valence-electron chi connectivity index (χ2n) is 6.99. The largest absolute Gasteiger partial charge is 0.368 e. The number of nitrogens with zero attached hydrogens (tertiary/aromatic N) is 3. The second kappa shape index (κ2) is 8.73. The maximum Gasteiger partial charge on any atom is 0.242 e. The van der Waals surface area contributed by atoms with Gasteiger partial charge in [0.2, 0.25) is 11.8 Å². The summed E-state index contributed by atoms with van der Waals surface area (Å²) in [5.74, 6) is 0.105. The van der Waals surface area contributed by atoms with Crippen LogP contribution < -0.4 is 10.2 Å². The van der Waals surface area contributed by atoms with Gasteiger partial charge >= 0.3 is 0 Å². The first-order chi connectivity index (χ1) is 12.6. The van der Waals surface area contributed by atoms with Crippen LogP contribution in [-0.4, -0.2) is 67.0 Å². The lowest BCUT2D eigenvalue weighted by molar-refractivity contribution is -0.143. The van der Waals surface area contributed by atoms with Crippen LogP contribution in [0.4, 0.5) is 5.69 Å². The molecule has 2 aliphatic heterocycles. The average Bonchev–Trinajstić information content (AvgIpc) is 2.64. The van der Waals surface area contributed by atoms with Gasteiger partial charge in [0, 0.05) is 49.4 Å². The lowest BCUT2D eigenvalue weighted by atomic mass is 10.1. The normalized spacial score (nSPS) is 21.2. The van der Waals surface area contributed by atoms with Gasteiger partial charge in [-0.2, -0.15) is 0 Å². The van der Waals surface area contributed by atoms with Gasteiger partial charge in [0.1, 0.15) is 6.54 Å². The van der Waals surface area contributed by atoms with E-state index in [0.717, 1.165) is 36.6 Å². The Morgan fingerprint density at radius 2 is 2.04 bits per heavy atom. The number of hydrogen-bond donors (Lipinski definition) is 1. The van der Waals surface area contributed by atoms with E-state index in [2.05, 4.69) is 17.1 Å². The molecule has 0 spiro atoms. The van der Waals surface area contributed by atoms with Gasteiger partial charge in [-0.15, -0.1) is 0 Å². The lowest BCUT2D eigenvalue weighted by Crippen LogP contribution is -2.56. The maximum absolute atomic E-state index is 12.6. The molecule has 1 N–H and O–H groups in total. The molecule has 3 rings (SSSR count). The summed E-state index contributed by atoms with van der Waals surface area (Å²) in [5, 5.41) is 4.08. The highest BCUT2D eigenvalue weighted by Gasteiger charge is 2.28. The van der Waals surface area contributed by atoms with E-state index in [1.54, 1.807) is 4.90 Å². The molecule has 6 nitrogen and oxygen atoms in total. The second-order valence-corrected chi connectivity index (χ2v) is 7.43. The number of hydrogen-bond acceptors (Lipinski definition) is 4. The number of carbonyl (C=O) groups is 2. The summed E-state index contributed by atoms with van der Waals surface area (Å²) in [4.78, 5) is 30.6.